The fourth-order valence-electron chi connectivity index (χ4n) is 0.805. The summed E-state index contributed by atoms with van der Waals surface area (Å²) in [6, 6.07) is 0. The number of aromatic hydroxyl groups is 1. The van der Waals surface area contributed by atoms with Crippen LogP contribution < -0.4 is 0 Å². The number of hydrogen-bond acceptors (Lipinski definition) is 4. The van der Waals surface area contributed by atoms with Crippen LogP contribution in [0.5, 0.6) is 5.75 Å². The maximum absolute atomic E-state index is 12.2. The minimum Gasteiger partial charge on any atom is -0.504 e. The molecule has 1 N–H and O–H groups in total. The summed E-state index contributed by atoms with van der Waals surface area (Å²) in [7, 11) is 0.691. The van der Waals surface area contributed by atoms with Gasteiger partial charge >= 0.3 is 0 Å². The van der Waals surface area contributed by atoms with Crippen LogP contribution in [0.2, 0.25) is 5.02 Å². The van der Waals surface area contributed by atoms with Crippen molar-refractivity contribution in [2.24, 2.45) is 0 Å². The predicted molar refractivity (Wildman–Crippen MR) is 48.9 cm³/mol. The topological polar surface area (TPSA) is 67.3 Å². The third-order valence-electron chi connectivity index (χ3n) is 1.46. The molecule has 1 rings (SSSR count). The van der Waals surface area contributed by atoms with Crippen LogP contribution in [0.25, 0.3) is 0 Å². The molecule has 0 aromatic carbocycles. The van der Waals surface area contributed by atoms with Gasteiger partial charge in [-0.1, -0.05) is 11.6 Å². The Morgan fingerprint density at radius 2 is 2.00 bits per heavy atom. The lowest BCUT2D eigenvalue weighted by Gasteiger charge is -2.06. The van der Waals surface area contributed by atoms with Gasteiger partial charge in [0, 0.05) is 16.9 Å². The average Bonchev–Trinajstić information content (AvgIpc) is 2.06. The van der Waals surface area contributed by atoms with E-state index in [0.717, 1.165) is 0 Å². The summed E-state index contributed by atoms with van der Waals surface area (Å²) < 4.78 is 46.0. The van der Waals surface area contributed by atoms with Gasteiger partial charge in [-0.3, -0.25) is 0 Å². The van der Waals surface area contributed by atoms with E-state index >= 15 is 0 Å². The van der Waals surface area contributed by atoms with Crippen LogP contribution in [-0.2, 0) is 9.05 Å². The molecule has 0 radical (unpaired) electrons. The molecule has 0 aliphatic carbocycles. The van der Waals surface area contributed by atoms with Crippen LogP contribution >= 0.6 is 22.3 Å². The predicted octanol–water partition coefficient (Wildman–Crippen LogP) is 2.31. The van der Waals surface area contributed by atoms with Crippen molar-refractivity contribution < 1.29 is 22.3 Å². The van der Waals surface area contributed by atoms with Crippen molar-refractivity contribution in [2.45, 2.75) is 11.3 Å². The molecule has 84 valence electrons. The average molecular weight is 278 g/mol. The molecule has 0 aliphatic heterocycles. The summed E-state index contributed by atoms with van der Waals surface area (Å²) in [4.78, 5) is 2.34. The summed E-state index contributed by atoms with van der Waals surface area (Å²) in [5.74, 6) is -1.09. The molecule has 0 saturated heterocycles. The molecule has 0 saturated carbocycles. The van der Waals surface area contributed by atoms with Gasteiger partial charge in [0.25, 0.3) is 15.5 Å². The Morgan fingerprint density at radius 3 is 2.40 bits per heavy atom. The Balaban J connectivity index is 3.48. The highest BCUT2D eigenvalue weighted by Crippen LogP contribution is 2.37. The molecule has 0 atom stereocenters. The van der Waals surface area contributed by atoms with Crippen LogP contribution in [-0.4, -0.2) is 18.5 Å². The fraction of sp³-hybridized carbons (Fsp3) is 0.167. The highest BCUT2D eigenvalue weighted by molar-refractivity contribution is 8.13. The number of hydrogen-bond donors (Lipinski definition) is 1. The zero-order chi connectivity index (χ0) is 11.8. The lowest BCUT2D eigenvalue weighted by molar-refractivity contribution is 0.141. The Hall–Kier alpha value is -0.660. The van der Waals surface area contributed by atoms with Crippen LogP contribution in [0, 0.1) is 0 Å². The second-order valence-electron chi connectivity index (χ2n) is 2.41. The van der Waals surface area contributed by atoms with Gasteiger partial charge in [-0.15, -0.1) is 0 Å². The molecule has 0 aliphatic rings. The third kappa shape index (κ3) is 2.47. The highest BCUT2D eigenvalue weighted by Gasteiger charge is 2.24. The molecule has 0 bridgehead atoms. The maximum atomic E-state index is 12.2. The van der Waals surface area contributed by atoms with Crippen molar-refractivity contribution in [3.05, 3.63) is 16.9 Å². The van der Waals surface area contributed by atoms with E-state index in [-0.39, 0.29) is 0 Å². The quantitative estimate of drug-likeness (QED) is 0.843. The Kier molecular flexibility index (Phi) is 3.37. The molecular formula is C6H3Cl2F2NO3S. The molecule has 0 fully saturated rings. The zero-order valence-corrected chi connectivity index (χ0v) is 9.11. The molecular weight excluding hydrogens is 275 g/mol. The van der Waals surface area contributed by atoms with Crippen molar-refractivity contribution in [2.75, 3.05) is 0 Å². The maximum Gasteiger partial charge on any atom is 0.284 e. The molecule has 1 aromatic heterocycles. The van der Waals surface area contributed by atoms with E-state index in [0.29, 0.717) is 6.20 Å². The SMILES string of the molecule is O=S(=O)(Cl)c1cnc(C(F)F)c(O)c1Cl. The third-order valence-corrected chi connectivity index (χ3v) is 3.29. The van der Waals surface area contributed by atoms with E-state index in [1.54, 1.807) is 0 Å². The van der Waals surface area contributed by atoms with Crippen molar-refractivity contribution in [1.82, 2.24) is 4.98 Å². The summed E-state index contributed by atoms with van der Waals surface area (Å²) in [5.41, 5.74) is -0.996. The van der Waals surface area contributed by atoms with Crippen molar-refractivity contribution in [1.29, 1.82) is 0 Å². The summed E-state index contributed by atoms with van der Waals surface area (Å²) in [6.45, 7) is 0. The van der Waals surface area contributed by atoms with Crippen molar-refractivity contribution in [3.63, 3.8) is 0 Å². The Labute approximate surface area is 92.9 Å². The minimum absolute atomic E-state index is 0.561. The van der Waals surface area contributed by atoms with E-state index in [9.17, 15) is 17.2 Å². The van der Waals surface area contributed by atoms with Crippen molar-refractivity contribution in [3.8, 4) is 5.75 Å². The number of nitrogens with zero attached hydrogens (tertiary/aromatic N) is 1. The largest absolute Gasteiger partial charge is 0.504 e. The van der Waals surface area contributed by atoms with Crippen molar-refractivity contribution >= 4 is 31.3 Å². The van der Waals surface area contributed by atoms with E-state index < -0.39 is 36.8 Å². The number of halogens is 4. The standard InChI is InChI=1S/C6H3Cl2F2NO3S/c7-3-2(15(8,13)14)1-11-4(5(3)12)6(9)10/h1,6,12H. The molecule has 0 amide bonds. The summed E-state index contributed by atoms with van der Waals surface area (Å²) in [5, 5.41) is 8.35. The van der Waals surface area contributed by atoms with Gasteiger partial charge < -0.3 is 5.11 Å². The Bertz CT molecular complexity index is 491. The van der Waals surface area contributed by atoms with Crippen LogP contribution in [0.3, 0.4) is 0 Å². The summed E-state index contributed by atoms with van der Waals surface area (Å²) in [6.07, 6.45) is -2.50. The number of aromatic nitrogens is 1. The first kappa shape index (κ1) is 12.4. The van der Waals surface area contributed by atoms with Gasteiger partial charge in [0.1, 0.15) is 15.6 Å². The monoisotopic (exact) mass is 277 g/mol. The molecule has 0 unspecified atom stereocenters. The van der Waals surface area contributed by atoms with E-state index in [2.05, 4.69) is 4.98 Å². The number of pyridine rings is 1. The smallest absolute Gasteiger partial charge is 0.284 e. The molecule has 9 heteroatoms. The molecule has 15 heavy (non-hydrogen) atoms. The van der Waals surface area contributed by atoms with Gasteiger partial charge in [-0.2, -0.15) is 0 Å². The van der Waals surface area contributed by atoms with E-state index in [1.165, 1.54) is 0 Å². The Morgan fingerprint density at radius 1 is 1.47 bits per heavy atom. The summed E-state index contributed by atoms with van der Waals surface area (Å²) >= 11 is 5.34. The molecule has 4 nitrogen and oxygen atoms in total. The first-order chi connectivity index (χ1) is 6.75. The van der Waals surface area contributed by atoms with Crippen LogP contribution in [0.1, 0.15) is 12.1 Å². The molecule has 1 aromatic rings. The number of rotatable bonds is 2. The lowest BCUT2D eigenvalue weighted by Crippen LogP contribution is -1.98. The van der Waals surface area contributed by atoms with Gasteiger partial charge in [-0.05, 0) is 0 Å². The molecule has 1 heterocycles. The van der Waals surface area contributed by atoms with Gasteiger partial charge in [0.2, 0.25) is 0 Å². The van der Waals surface area contributed by atoms with E-state index in [1.807, 2.05) is 0 Å². The normalized spacial score (nSPS) is 12.1. The lowest BCUT2D eigenvalue weighted by atomic mass is 10.3. The van der Waals surface area contributed by atoms with E-state index in [4.69, 9.17) is 27.4 Å². The first-order valence-electron chi connectivity index (χ1n) is 3.35. The first-order valence-corrected chi connectivity index (χ1v) is 6.04. The number of alkyl halides is 2. The molecule has 0 spiro atoms. The zero-order valence-electron chi connectivity index (χ0n) is 6.79. The minimum atomic E-state index is -4.23. The second kappa shape index (κ2) is 4.07. The van der Waals surface area contributed by atoms with Crippen LogP contribution in [0.4, 0.5) is 8.78 Å². The van der Waals surface area contributed by atoms with Gasteiger partial charge in [0.05, 0.1) is 0 Å². The van der Waals surface area contributed by atoms with Gasteiger partial charge in [0.15, 0.2) is 5.75 Å². The highest BCUT2D eigenvalue weighted by atomic mass is 35.7. The van der Waals surface area contributed by atoms with Crippen LogP contribution in [0.15, 0.2) is 11.1 Å². The fourth-order valence-corrected chi connectivity index (χ4v) is 2.21. The second-order valence-corrected chi connectivity index (χ2v) is 5.32. The van der Waals surface area contributed by atoms with Gasteiger partial charge in [-0.25, -0.2) is 22.2 Å².